The van der Waals surface area contributed by atoms with Crippen molar-refractivity contribution in [1.29, 1.82) is 0 Å². The molecule has 0 aromatic rings. The summed E-state index contributed by atoms with van der Waals surface area (Å²) < 4.78 is 0. The molecule has 0 saturated heterocycles. The van der Waals surface area contributed by atoms with E-state index >= 15 is 0 Å². The number of carbonyl (C=O) groups excluding carboxylic acids is 1. The van der Waals surface area contributed by atoms with Gasteiger partial charge in [0.2, 0.25) is 5.91 Å². The van der Waals surface area contributed by atoms with Gasteiger partial charge >= 0.3 is 0 Å². The van der Waals surface area contributed by atoms with Crippen LogP contribution in [0.15, 0.2) is 11.6 Å². The molecule has 186 valence electrons. The van der Waals surface area contributed by atoms with Crippen molar-refractivity contribution in [2.75, 3.05) is 0 Å². The van der Waals surface area contributed by atoms with E-state index < -0.39 is 0 Å². The Morgan fingerprint density at radius 3 is 2.24 bits per heavy atom. The molecule has 3 nitrogen and oxygen atoms in total. The van der Waals surface area contributed by atoms with Crippen molar-refractivity contribution in [3.63, 3.8) is 0 Å². The molecule has 1 amide bonds. The zero-order valence-electron chi connectivity index (χ0n) is 22.4. The Morgan fingerprint density at radius 1 is 0.909 bits per heavy atom. The van der Waals surface area contributed by atoms with Gasteiger partial charge in [0.1, 0.15) is 0 Å². The number of aliphatic hydroxyl groups excluding tert-OH is 1. The van der Waals surface area contributed by atoms with E-state index in [4.69, 9.17) is 5.73 Å². The summed E-state index contributed by atoms with van der Waals surface area (Å²) in [5, 5.41) is 10.9. The van der Waals surface area contributed by atoms with E-state index in [1.807, 2.05) is 0 Å². The average Bonchev–Trinajstić information content (AvgIpc) is 2.73. The van der Waals surface area contributed by atoms with Crippen LogP contribution in [-0.2, 0) is 4.79 Å². The van der Waals surface area contributed by atoms with Crippen LogP contribution in [-0.4, -0.2) is 17.1 Å². The third-order valence-electron chi connectivity index (χ3n) is 13.4. The Balaban J connectivity index is 1.57. The Labute approximate surface area is 202 Å². The van der Waals surface area contributed by atoms with Crippen LogP contribution in [0.5, 0.6) is 0 Å². The maximum absolute atomic E-state index is 12.5. The van der Waals surface area contributed by atoms with Crippen LogP contribution in [0.1, 0.15) is 113 Å². The number of carbonyl (C=O) groups is 1. The molecule has 0 aliphatic heterocycles. The quantitative estimate of drug-likeness (QED) is 0.436. The number of amides is 1. The van der Waals surface area contributed by atoms with Crippen LogP contribution in [0, 0.1) is 50.2 Å². The second-order valence-electron chi connectivity index (χ2n) is 15.0. The van der Waals surface area contributed by atoms with E-state index in [1.54, 1.807) is 5.57 Å². The second-order valence-corrected chi connectivity index (χ2v) is 15.0. The molecule has 3 N–H and O–H groups in total. The van der Waals surface area contributed by atoms with E-state index in [2.05, 4.69) is 54.5 Å². The van der Waals surface area contributed by atoms with Gasteiger partial charge in [0.05, 0.1) is 6.10 Å². The minimum atomic E-state index is -0.367. The number of hydrogen-bond acceptors (Lipinski definition) is 2. The number of primary amides is 1. The van der Waals surface area contributed by atoms with Crippen molar-refractivity contribution < 1.29 is 9.90 Å². The average molecular weight is 456 g/mol. The molecule has 0 spiro atoms. The highest BCUT2D eigenvalue weighted by Gasteiger charge is 2.68. The van der Waals surface area contributed by atoms with E-state index in [9.17, 15) is 9.90 Å². The van der Waals surface area contributed by atoms with Crippen LogP contribution >= 0.6 is 0 Å². The van der Waals surface area contributed by atoms with Crippen molar-refractivity contribution in [3.8, 4) is 0 Å². The van der Waals surface area contributed by atoms with Gasteiger partial charge in [-0.15, -0.1) is 0 Å². The minimum Gasteiger partial charge on any atom is -0.393 e. The lowest BCUT2D eigenvalue weighted by Crippen LogP contribution is -2.64. The zero-order chi connectivity index (χ0) is 24.2. The van der Waals surface area contributed by atoms with Crippen LogP contribution in [0.3, 0.4) is 0 Å². The van der Waals surface area contributed by atoms with Crippen molar-refractivity contribution >= 4 is 5.91 Å². The molecule has 33 heavy (non-hydrogen) atoms. The van der Waals surface area contributed by atoms with Gasteiger partial charge in [-0.05, 0) is 109 Å². The number of allylic oxidation sites excluding steroid dienone is 2. The van der Waals surface area contributed by atoms with Gasteiger partial charge in [0.15, 0.2) is 0 Å². The molecule has 5 aliphatic carbocycles. The van der Waals surface area contributed by atoms with Crippen molar-refractivity contribution in [1.82, 2.24) is 0 Å². The van der Waals surface area contributed by atoms with Crippen LogP contribution in [0.2, 0.25) is 0 Å². The van der Waals surface area contributed by atoms with Gasteiger partial charge in [-0.3, -0.25) is 4.79 Å². The highest BCUT2D eigenvalue weighted by atomic mass is 16.3. The van der Waals surface area contributed by atoms with Crippen molar-refractivity contribution in [3.05, 3.63) is 11.6 Å². The highest BCUT2D eigenvalue weighted by molar-refractivity contribution is 5.80. The Kier molecular flexibility index (Phi) is 4.99. The molecule has 0 aromatic carbocycles. The van der Waals surface area contributed by atoms with Gasteiger partial charge in [0.25, 0.3) is 0 Å². The molecular formula is C30H49NO2. The third-order valence-corrected chi connectivity index (χ3v) is 13.4. The molecule has 0 bridgehead atoms. The normalized spacial score (nSPS) is 55.3. The fourth-order valence-corrected chi connectivity index (χ4v) is 10.6. The molecular weight excluding hydrogens is 406 g/mol. The van der Waals surface area contributed by atoms with Crippen LogP contribution < -0.4 is 5.73 Å². The number of rotatable bonds is 1. The molecule has 0 heterocycles. The zero-order valence-corrected chi connectivity index (χ0v) is 22.4. The SMILES string of the molecule is CC1(C(N)=O)CC[C@]2(C)CC[C@]3(C)C(=CC[C@@H]4[C@@]5(C)CC[C@H](O)C(C)(C)C5CC[C@]43C)[C@@H]2C1. The van der Waals surface area contributed by atoms with Gasteiger partial charge in [-0.2, -0.15) is 0 Å². The summed E-state index contributed by atoms with van der Waals surface area (Å²) in [4.78, 5) is 12.5. The fourth-order valence-electron chi connectivity index (χ4n) is 10.6. The summed E-state index contributed by atoms with van der Waals surface area (Å²) in [5.74, 6) is 1.63. The predicted octanol–water partition coefficient (Wildman–Crippen LogP) is 6.63. The monoisotopic (exact) mass is 455 g/mol. The molecule has 5 aliphatic rings. The smallest absolute Gasteiger partial charge is 0.223 e. The number of aliphatic hydroxyl groups is 1. The van der Waals surface area contributed by atoms with E-state index in [-0.39, 0.29) is 39.1 Å². The van der Waals surface area contributed by atoms with Gasteiger partial charge in [-0.25, -0.2) is 0 Å². The molecule has 3 heteroatoms. The standard InChI is InChI=1S/C30H49NO2/c1-25(2)21-10-13-30(7)22(28(21,5)12-11-23(25)32)9-8-19-20-18-27(4,24(31)33)15-14-26(20,3)16-17-29(19,30)6/h8,20-23,32H,9-18H2,1-7H3,(H2,31,33)/t20-,21?,22+,23-,26+,27?,28-,29+,30+/m0/s1. The largest absolute Gasteiger partial charge is 0.393 e. The summed E-state index contributed by atoms with van der Waals surface area (Å²) in [7, 11) is 0. The molecule has 0 radical (unpaired) electrons. The summed E-state index contributed by atoms with van der Waals surface area (Å²) in [6, 6.07) is 0. The first-order valence-corrected chi connectivity index (χ1v) is 13.8. The topological polar surface area (TPSA) is 63.3 Å². The summed E-state index contributed by atoms with van der Waals surface area (Å²) >= 11 is 0. The summed E-state index contributed by atoms with van der Waals surface area (Å²) in [6.07, 6.45) is 13.8. The Bertz CT molecular complexity index is 892. The van der Waals surface area contributed by atoms with E-state index in [0.717, 1.165) is 32.1 Å². The Hall–Kier alpha value is -0.830. The predicted molar refractivity (Wildman–Crippen MR) is 134 cm³/mol. The number of hydrogen-bond donors (Lipinski definition) is 2. The summed E-state index contributed by atoms with van der Waals surface area (Å²) in [5.41, 5.74) is 8.33. The second kappa shape index (κ2) is 6.89. The van der Waals surface area contributed by atoms with Crippen LogP contribution in [0.25, 0.3) is 0 Å². The molecule has 2 unspecified atom stereocenters. The van der Waals surface area contributed by atoms with E-state index in [0.29, 0.717) is 23.2 Å². The molecule has 4 saturated carbocycles. The lowest BCUT2D eigenvalue weighted by molar-refractivity contribution is -0.203. The first kappa shape index (κ1) is 23.9. The number of nitrogens with two attached hydrogens (primary N) is 1. The number of fused-ring (bicyclic) bond motifs is 7. The molecule has 0 aromatic heterocycles. The first-order valence-electron chi connectivity index (χ1n) is 13.8. The van der Waals surface area contributed by atoms with Crippen LogP contribution in [0.4, 0.5) is 0 Å². The molecule has 9 atom stereocenters. The van der Waals surface area contributed by atoms with Gasteiger partial charge < -0.3 is 10.8 Å². The lowest BCUT2D eigenvalue weighted by Gasteiger charge is -2.71. The molecule has 4 fully saturated rings. The fraction of sp³-hybridized carbons (Fsp3) is 0.900. The first-order chi connectivity index (χ1) is 15.1. The third kappa shape index (κ3) is 2.87. The maximum Gasteiger partial charge on any atom is 0.223 e. The highest BCUT2D eigenvalue weighted by Crippen LogP contribution is 2.75. The maximum atomic E-state index is 12.5. The molecule has 5 rings (SSSR count). The van der Waals surface area contributed by atoms with Crippen molar-refractivity contribution in [2.24, 2.45) is 56.0 Å². The van der Waals surface area contributed by atoms with Gasteiger partial charge in [0, 0.05) is 5.41 Å². The summed E-state index contributed by atoms with van der Waals surface area (Å²) in [6.45, 7) is 17.1. The van der Waals surface area contributed by atoms with Gasteiger partial charge in [-0.1, -0.05) is 60.1 Å². The lowest BCUT2D eigenvalue weighted by atomic mass is 9.33. The minimum absolute atomic E-state index is 0.00294. The van der Waals surface area contributed by atoms with Crippen molar-refractivity contribution in [2.45, 2.75) is 119 Å². The Morgan fingerprint density at radius 2 is 1.58 bits per heavy atom. The van der Waals surface area contributed by atoms with E-state index in [1.165, 1.54) is 32.1 Å².